The number of rotatable bonds is 3. The van der Waals surface area contributed by atoms with Crippen molar-refractivity contribution in [1.29, 1.82) is 0 Å². The van der Waals surface area contributed by atoms with Crippen LogP contribution in [0.2, 0.25) is 0 Å². The molecule has 8 nitrogen and oxygen atoms in total. The lowest BCUT2D eigenvalue weighted by atomic mass is 10.2. The topological polar surface area (TPSA) is 108 Å². The Balaban J connectivity index is 1.99. The van der Waals surface area contributed by atoms with E-state index >= 15 is 0 Å². The van der Waals surface area contributed by atoms with Crippen LogP contribution in [0.4, 0.5) is 5.95 Å². The summed E-state index contributed by atoms with van der Waals surface area (Å²) in [5.41, 5.74) is 7.06. The van der Waals surface area contributed by atoms with Crippen molar-refractivity contribution in [3.8, 4) is 5.88 Å². The van der Waals surface area contributed by atoms with E-state index in [9.17, 15) is 4.79 Å². The molecule has 0 aliphatic carbocycles. The van der Waals surface area contributed by atoms with Crippen LogP contribution in [0.3, 0.4) is 0 Å². The molecule has 19 heavy (non-hydrogen) atoms. The molecule has 0 saturated carbocycles. The number of nitrogens with one attached hydrogen (secondary N) is 1. The number of anilines is 1. The summed E-state index contributed by atoms with van der Waals surface area (Å²) in [5, 5.41) is 2.89. The first-order valence-electron chi connectivity index (χ1n) is 5.99. The molecule has 1 fully saturated rings. The second-order valence-corrected chi connectivity index (χ2v) is 4.44. The Morgan fingerprint density at radius 1 is 1.58 bits per heavy atom. The molecule has 0 spiro atoms. The van der Waals surface area contributed by atoms with Crippen LogP contribution in [-0.4, -0.2) is 38.6 Å². The lowest BCUT2D eigenvalue weighted by Crippen LogP contribution is -2.30. The van der Waals surface area contributed by atoms with Crippen LogP contribution in [0, 0.1) is 0 Å². The summed E-state index contributed by atoms with van der Waals surface area (Å²) in [4.78, 5) is 23.6. The van der Waals surface area contributed by atoms with Crippen molar-refractivity contribution in [2.75, 3.05) is 12.8 Å². The minimum Gasteiger partial charge on any atom is -0.479 e. The standard InChI is InChI=1S/C11H14N6O2/c1-19-10-8-9(13-5-14-10)17(11(12)16-8)4-6-2-3-7(18)15-6/h5-6H,2-4H2,1H3,(H2,12,16)(H,15,18). The maximum absolute atomic E-state index is 11.2. The quantitative estimate of drug-likeness (QED) is 0.786. The first kappa shape index (κ1) is 11.7. The largest absolute Gasteiger partial charge is 0.479 e. The van der Waals surface area contributed by atoms with Crippen molar-refractivity contribution < 1.29 is 9.53 Å². The van der Waals surface area contributed by atoms with Gasteiger partial charge in [-0.05, 0) is 6.42 Å². The van der Waals surface area contributed by atoms with Crippen molar-refractivity contribution in [3.05, 3.63) is 6.33 Å². The Morgan fingerprint density at radius 2 is 2.42 bits per heavy atom. The third-order valence-electron chi connectivity index (χ3n) is 3.21. The molecule has 1 atom stereocenters. The highest BCUT2D eigenvalue weighted by Crippen LogP contribution is 2.23. The molecule has 1 unspecified atom stereocenters. The predicted molar refractivity (Wildman–Crippen MR) is 67.5 cm³/mol. The Kier molecular flexibility index (Phi) is 2.69. The Hall–Kier alpha value is -2.38. The number of nitrogen functional groups attached to an aromatic ring is 1. The highest BCUT2D eigenvalue weighted by Gasteiger charge is 2.23. The summed E-state index contributed by atoms with van der Waals surface area (Å²) in [6, 6.07) is 0.0631. The van der Waals surface area contributed by atoms with Crippen LogP contribution in [-0.2, 0) is 11.3 Å². The summed E-state index contributed by atoms with van der Waals surface area (Å²) in [7, 11) is 1.52. The zero-order valence-electron chi connectivity index (χ0n) is 10.5. The smallest absolute Gasteiger partial charge is 0.245 e. The fourth-order valence-electron chi connectivity index (χ4n) is 2.30. The highest BCUT2D eigenvalue weighted by atomic mass is 16.5. The van der Waals surface area contributed by atoms with Crippen molar-refractivity contribution in [2.45, 2.75) is 25.4 Å². The summed E-state index contributed by atoms with van der Waals surface area (Å²) in [6.07, 6.45) is 2.75. The number of amides is 1. The number of hydrogen-bond donors (Lipinski definition) is 2. The number of fused-ring (bicyclic) bond motifs is 1. The average molecular weight is 262 g/mol. The number of carbonyl (C=O) groups is 1. The van der Waals surface area contributed by atoms with E-state index < -0.39 is 0 Å². The lowest BCUT2D eigenvalue weighted by molar-refractivity contribution is -0.119. The van der Waals surface area contributed by atoms with Gasteiger partial charge in [-0.15, -0.1) is 0 Å². The summed E-state index contributed by atoms with van der Waals surface area (Å²) < 4.78 is 6.90. The van der Waals surface area contributed by atoms with Crippen LogP contribution in [0.5, 0.6) is 5.88 Å². The molecule has 1 amide bonds. The van der Waals surface area contributed by atoms with Crippen molar-refractivity contribution in [2.24, 2.45) is 0 Å². The molecule has 2 aromatic heterocycles. The van der Waals surface area contributed by atoms with Crippen LogP contribution in [0.15, 0.2) is 6.33 Å². The number of ether oxygens (including phenoxy) is 1. The molecular formula is C11H14N6O2. The number of carbonyl (C=O) groups excluding carboxylic acids is 1. The van der Waals surface area contributed by atoms with E-state index in [1.165, 1.54) is 13.4 Å². The van der Waals surface area contributed by atoms with E-state index in [0.717, 1.165) is 6.42 Å². The van der Waals surface area contributed by atoms with Gasteiger partial charge in [0.15, 0.2) is 11.2 Å². The molecule has 0 bridgehead atoms. The van der Waals surface area contributed by atoms with Crippen LogP contribution >= 0.6 is 0 Å². The fourth-order valence-corrected chi connectivity index (χ4v) is 2.30. The number of hydrogen-bond acceptors (Lipinski definition) is 6. The van der Waals surface area contributed by atoms with Gasteiger partial charge in [0.2, 0.25) is 17.7 Å². The van der Waals surface area contributed by atoms with E-state index in [0.29, 0.717) is 36.0 Å². The molecule has 0 radical (unpaired) electrons. The van der Waals surface area contributed by atoms with Crippen molar-refractivity contribution in [3.63, 3.8) is 0 Å². The van der Waals surface area contributed by atoms with Gasteiger partial charge in [-0.2, -0.15) is 4.98 Å². The van der Waals surface area contributed by atoms with Crippen molar-refractivity contribution >= 4 is 23.0 Å². The summed E-state index contributed by atoms with van der Waals surface area (Å²) in [6.45, 7) is 0.550. The Bertz CT molecular complexity index is 637. The molecule has 1 aliphatic rings. The van der Waals surface area contributed by atoms with Gasteiger partial charge in [-0.25, -0.2) is 9.97 Å². The van der Waals surface area contributed by atoms with Gasteiger partial charge in [0.1, 0.15) is 6.33 Å². The van der Waals surface area contributed by atoms with E-state index in [4.69, 9.17) is 10.5 Å². The zero-order chi connectivity index (χ0) is 13.4. The van der Waals surface area contributed by atoms with Gasteiger partial charge in [0.25, 0.3) is 0 Å². The Morgan fingerprint density at radius 3 is 3.11 bits per heavy atom. The normalized spacial score (nSPS) is 18.8. The van der Waals surface area contributed by atoms with Gasteiger partial charge in [-0.3, -0.25) is 9.36 Å². The maximum atomic E-state index is 11.2. The number of imidazole rings is 1. The molecule has 8 heteroatoms. The molecule has 1 aliphatic heterocycles. The van der Waals surface area contributed by atoms with E-state index in [1.54, 1.807) is 4.57 Å². The second-order valence-electron chi connectivity index (χ2n) is 4.44. The first-order valence-corrected chi connectivity index (χ1v) is 5.99. The third-order valence-corrected chi connectivity index (χ3v) is 3.21. The van der Waals surface area contributed by atoms with E-state index in [-0.39, 0.29) is 11.9 Å². The molecule has 100 valence electrons. The molecule has 3 N–H and O–H groups in total. The molecule has 0 aromatic carbocycles. The lowest BCUT2D eigenvalue weighted by Gasteiger charge is -2.12. The highest BCUT2D eigenvalue weighted by molar-refractivity contribution is 5.80. The van der Waals surface area contributed by atoms with Crippen LogP contribution in [0.25, 0.3) is 11.2 Å². The third kappa shape index (κ3) is 1.94. The van der Waals surface area contributed by atoms with E-state index in [2.05, 4.69) is 20.3 Å². The summed E-state index contributed by atoms with van der Waals surface area (Å²) in [5.74, 6) is 0.807. The number of nitrogens with zero attached hydrogens (tertiary/aromatic N) is 4. The minimum atomic E-state index is 0.0631. The first-order chi connectivity index (χ1) is 9.19. The molecular weight excluding hydrogens is 248 g/mol. The fraction of sp³-hybridized carbons (Fsp3) is 0.455. The Labute approximate surface area is 109 Å². The molecule has 1 saturated heterocycles. The average Bonchev–Trinajstić information content (AvgIpc) is 2.94. The number of nitrogens with two attached hydrogens (primary N) is 1. The van der Waals surface area contributed by atoms with Crippen LogP contribution < -0.4 is 15.8 Å². The second kappa shape index (κ2) is 4.38. The molecule has 3 heterocycles. The van der Waals surface area contributed by atoms with Crippen molar-refractivity contribution in [1.82, 2.24) is 24.8 Å². The van der Waals surface area contributed by atoms with Gasteiger partial charge in [0, 0.05) is 19.0 Å². The van der Waals surface area contributed by atoms with Gasteiger partial charge in [-0.1, -0.05) is 0 Å². The maximum Gasteiger partial charge on any atom is 0.245 e. The van der Waals surface area contributed by atoms with E-state index in [1.807, 2.05) is 0 Å². The zero-order valence-corrected chi connectivity index (χ0v) is 10.5. The SMILES string of the molecule is COc1ncnc2c1nc(N)n2CC1CCC(=O)N1. The minimum absolute atomic E-state index is 0.0631. The van der Waals surface area contributed by atoms with Crippen LogP contribution in [0.1, 0.15) is 12.8 Å². The summed E-state index contributed by atoms with van der Waals surface area (Å²) >= 11 is 0. The van der Waals surface area contributed by atoms with Gasteiger partial charge >= 0.3 is 0 Å². The molecule has 2 aromatic rings. The molecule has 3 rings (SSSR count). The predicted octanol–water partition coefficient (Wildman–Crippen LogP) is -0.304. The number of methoxy groups -OCH3 is 1. The van der Waals surface area contributed by atoms with Gasteiger partial charge < -0.3 is 15.8 Å². The number of aromatic nitrogens is 4. The van der Waals surface area contributed by atoms with Gasteiger partial charge in [0.05, 0.1) is 7.11 Å². The monoisotopic (exact) mass is 262 g/mol.